The van der Waals surface area contributed by atoms with Crippen LogP contribution in [-0.2, 0) is 12.8 Å². The predicted molar refractivity (Wildman–Crippen MR) is 78.9 cm³/mol. The van der Waals surface area contributed by atoms with Crippen LogP contribution in [0.5, 0.6) is 5.75 Å². The Morgan fingerprint density at radius 3 is 2.89 bits per heavy atom. The van der Waals surface area contributed by atoms with Crippen LogP contribution in [0.15, 0.2) is 42.5 Å². The highest BCUT2D eigenvalue weighted by Gasteiger charge is 2.20. The van der Waals surface area contributed by atoms with Crippen LogP contribution in [0.2, 0.25) is 5.02 Å². The van der Waals surface area contributed by atoms with Gasteiger partial charge in [-0.15, -0.1) is 0 Å². The van der Waals surface area contributed by atoms with E-state index in [-0.39, 0.29) is 0 Å². The molecule has 0 saturated heterocycles. The standard InChI is InChI=1S/C17H17ClO/c18-15-6-1-3-12(10-15)9-14-5-2-4-13-7-8-16(19)11-17(13)14/h1,3,6-8,10-11,14,19H,2,4-5,9H2. The molecule has 1 atom stereocenters. The fourth-order valence-electron chi connectivity index (χ4n) is 3.04. The zero-order valence-electron chi connectivity index (χ0n) is 10.8. The van der Waals surface area contributed by atoms with Crippen molar-refractivity contribution in [2.24, 2.45) is 0 Å². The molecule has 0 radical (unpaired) electrons. The Labute approximate surface area is 118 Å². The maximum absolute atomic E-state index is 9.70. The smallest absolute Gasteiger partial charge is 0.115 e. The van der Waals surface area contributed by atoms with Gasteiger partial charge in [0, 0.05) is 5.02 Å². The van der Waals surface area contributed by atoms with Gasteiger partial charge in [-0.05, 0) is 72.6 Å². The van der Waals surface area contributed by atoms with Gasteiger partial charge >= 0.3 is 0 Å². The largest absolute Gasteiger partial charge is 0.508 e. The van der Waals surface area contributed by atoms with Gasteiger partial charge in [-0.2, -0.15) is 0 Å². The lowest BCUT2D eigenvalue weighted by Crippen LogP contribution is -2.12. The summed E-state index contributed by atoms with van der Waals surface area (Å²) < 4.78 is 0. The van der Waals surface area contributed by atoms with Gasteiger partial charge in [0.15, 0.2) is 0 Å². The zero-order valence-corrected chi connectivity index (χ0v) is 11.5. The molecule has 3 rings (SSSR count). The second kappa shape index (κ2) is 5.26. The number of fused-ring (bicyclic) bond motifs is 1. The van der Waals surface area contributed by atoms with Crippen LogP contribution in [-0.4, -0.2) is 5.11 Å². The first-order valence-electron chi connectivity index (χ1n) is 6.78. The molecular formula is C17H17ClO. The molecule has 0 heterocycles. The van der Waals surface area contributed by atoms with Crippen LogP contribution in [0.4, 0.5) is 0 Å². The van der Waals surface area contributed by atoms with Gasteiger partial charge in [0.05, 0.1) is 0 Å². The average Bonchev–Trinajstić information content (AvgIpc) is 2.39. The van der Waals surface area contributed by atoms with E-state index in [0.29, 0.717) is 11.7 Å². The summed E-state index contributed by atoms with van der Waals surface area (Å²) in [5.41, 5.74) is 3.97. The maximum atomic E-state index is 9.70. The Hall–Kier alpha value is -1.47. The molecule has 2 aromatic rings. The van der Waals surface area contributed by atoms with Crippen molar-refractivity contribution < 1.29 is 5.11 Å². The minimum absolute atomic E-state index is 0.372. The van der Waals surface area contributed by atoms with Crippen molar-refractivity contribution in [2.75, 3.05) is 0 Å². The van der Waals surface area contributed by atoms with Gasteiger partial charge in [0.2, 0.25) is 0 Å². The van der Waals surface area contributed by atoms with E-state index in [1.54, 1.807) is 6.07 Å². The van der Waals surface area contributed by atoms with E-state index in [2.05, 4.69) is 12.1 Å². The third-order valence-electron chi connectivity index (χ3n) is 3.94. The Balaban J connectivity index is 1.89. The fourth-order valence-corrected chi connectivity index (χ4v) is 3.26. The van der Waals surface area contributed by atoms with E-state index < -0.39 is 0 Å². The monoisotopic (exact) mass is 272 g/mol. The third-order valence-corrected chi connectivity index (χ3v) is 4.17. The number of phenolic OH excluding ortho intramolecular Hbond substituents is 1. The van der Waals surface area contributed by atoms with Crippen LogP contribution in [0, 0.1) is 0 Å². The lowest BCUT2D eigenvalue weighted by atomic mass is 9.79. The van der Waals surface area contributed by atoms with E-state index in [9.17, 15) is 5.11 Å². The van der Waals surface area contributed by atoms with E-state index >= 15 is 0 Å². The number of hydrogen-bond donors (Lipinski definition) is 1. The zero-order chi connectivity index (χ0) is 13.2. The molecule has 1 aliphatic carbocycles. The summed E-state index contributed by atoms with van der Waals surface area (Å²) in [6.45, 7) is 0. The van der Waals surface area contributed by atoms with Crippen molar-refractivity contribution in [3.63, 3.8) is 0 Å². The van der Waals surface area contributed by atoms with Crippen LogP contribution >= 0.6 is 11.6 Å². The number of phenols is 1. The summed E-state index contributed by atoms with van der Waals surface area (Å²) in [5, 5.41) is 10.5. The highest BCUT2D eigenvalue weighted by Crippen LogP contribution is 2.36. The summed E-state index contributed by atoms with van der Waals surface area (Å²) in [5.74, 6) is 0.867. The van der Waals surface area contributed by atoms with Gasteiger partial charge < -0.3 is 5.11 Å². The second-order valence-electron chi connectivity index (χ2n) is 5.31. The number of benzene rings is 2. The van der Waals surface area contributed by atoms with Crippen LogP contribution in [0.25, 0.3) is 0 Å². The molecule has 0 aliphatic heterocycles. The number of halogens is 1. The molecule has 1 N–H and O–H groups in total. The van der Waals surface area contributed by atoms with E-state index in [1.807, 2.05) is 24.3 Å². The minimum Gasteiger partial charge on any atom is -0.508 e. The van der Waals surface area contributed by atoms with E-state index in [1.165, 1.54) is 29.5 Å². The van der Waals surface area contributed by atoms with Gasteiger partial charge in [0.25, 0.3) is 0 Å². The fraction of sp³-hybridized carbons (Fsp3) is 0.294. The molecule has 0 aromatic heterocycles. The Morgan fingerprint density at radius 2 is 2.05 bits per heavy atom. The summed E-state index contributed by atoms with van der Waals surface area (Å²) in [6, 6.07) is 13.9. The van der Waals surface area contributed by atoms with Crippen molar-refractivity contribution in [1.29, 1.82) is 0 Å². The maximum Gasteiger partial charge on any atom is 0.115 e. The Bertz CT molecular complexity index is 592. The highest BCUT2D eigenvalue weighted by atomic mass is 35.5. The third kappa shape index (κ3) is 2.76. The summed E-state index contributed by atoms with van der Waals surface area (Å²) in [6.07, 6.45) is 4.53. The minimum atomic E-state index is 0.372. The summed E-state index contributed by atoms with van der Waals surface area (Å²) >= 11 is 6.05. The SMILES string of the molecule is Oc1ccc2c(c1)C(Cc1cccc(Cl)c1)CCC2. The molecule has 2 aromatic carbocycles. The molecule has 0 saturated carbocycles. The van der Waals surface area contributed by atoms with Crippen molar-refractivity contribution in [3.05, 3.63) is 64.2 Å². The average molecular weight is 273 g/mol. The first kappa shape index (κ1) is 12.6. The van der Waals surface area contributed by atoms with Gasteiger partial charge in [-0.3, -0.25) is 0 Å². The van der Waals surface area contributed by atoms with Crippen molar-refractivity contribution in [1.82, 2.24) is 0 Å². The Morgan fingerprint density at radius 1 is 1.16 bits per heavy atom. The van der Waals surface area contributed by atoms with Gasteiger partial charge in [-0.1, -0.05) is 29.8 Å². The molecular weight excluding hydrogens is 256 g/mol. The normalized spacial score (nSPS) is 18.1. The summed E-state index contributed by atoms with van der Waals surface area (Å²) in [7, 11) is 0. The Kier molecular flexibility index (Phi) is 3.48. The first-order chi connectivity index (χ1) is 9.22. The molecule has 0 bridgehead atoms. The van der Waals surface area contributed by atoms with Crippen molar-refractivity contribution in [2.45, 2.75) is 31.6 Å². The lowest BCUT2D eigenvalue weighted by molar-refractivity contribution is 0.469. The molecule has 19 heavy (non-hydrogen) atoms. The number of aryl methyl sites for hydroxylation is 1. The first-order valence-corrected chi connectivity index (χ1v) is 7.16. The van der Waals surface area contributed by atoms with Gasteiger partial charge in [-0.25, -0.2) is 0 Å². The molecule has 1 nitrogen and oxygen atoms in total. The van der Waals surface area contributed by atoms with Crippen LogP contribution in [0.3, 0.4) is 0 Å². The highest BCUT2D eigenvalue weighted by molar-refractivity contribution is 6.30. The van der Waals surface area contributed by atoms with Crippen LogP contribution < -0.4 is 0 Å². The molecule has 2 heteroatoms. The molecule has 0 fully saturated rings. The van der Waals surface area contributed by atoms with Gasteiger partial charge in [0.1, 0.15) is 5.75 Å². The molecule has 98 valence electrons. The van der Waals surface area contributed by atoms with Crippen LogP contribution in [0.1, 0.15) is 35.4 Å². The quantitative estimate of drug-likeness (QED) is 0.839. The molecule has 1 aliphatic rings. The van der Waals surface area contributed by atoms with Crippen molar-refractivity contribution >= 4 is 11.6 Å². The summed E-state index contributed by atoms with van der Waals surface area (Å²) in [4.78, 5) is 0. The molecule has 1 unspecified atom stereocenters. The predicted octanol–water partition coefficient (Wildman–Crippen LogP) is 4.71. The lowest BCUT2D eigenvalue weighted by Gasteiger charge is -2.25. The number of hydrogen-bond acceptors (Lipinski definition) is 1. The van der Waals surface area contributed by atoms with E-state index in [0.717, 1.165) is 17.9 Å². The second-order valence-corrected chi connectivity index (χ2v) is 5.74. The van der Waals surface area contributed by atoms with E-state index in [4.69, 9.17) is 11.6 Å². The number of aromatic hydroxyl groups is 1. The topological polar surface area (TPSA) is 20.2 Å². The van der Waals surface area contributed by atoms with Crippen molar-refractivity contribution in [3.8, 4) is 5.75 Å². The number of rotatable bonds is 2. The molecule has 0 spiro atoms. The molecule has 0 amide bonds.